The maximum absolute atomic E-state index is 3.33. The summed E-state index contributed by atoms with van der Waals surface area (Å²) in [7, 11) is 0. The minimum absolute atomic E-state index is 0.797. The molecule has 66 valence electrons. The maximum atomic E-state index is 3.33. The van der Waals surface area contributed by atoms with Gasteiger partial charge < -0.3 is 0 Å². The number of rotatable bonds is 2. The number of hydrogen-bond acceptors (Lipinski definition) is 1. The van der Waals surface area contributed by atoms with Crippen molar-refractivity contribution in [2.24, 2.45) is 11.8 Å². The number of halogens is 1. The first-order valence-corrected chi connectivity index (χ1v) is 5.68. The molecule has 0 unspecified atom stereocenters. The van der Waals surface area contributed by atoms with Crippen LogP contribution in [0.25, 0.3) is 0 Å². The third-order valence-corrected chi connectivity index (χ3v) is 3.75. The lowest BCUT2D eigenvalue weighted by atomic mass is 9.80. The van der Waals surface area contributed by atoms with Gasteiger partial charge in [0.2, 0.25) is 0 Å². The molecule has 0 aliphatic heterocycles. The minimum Gasteiger partial charge on any atom is -0.258 e. The molecule has 11 heavy (non-hydrogen) atoms. The van der Waals surface area contributed by atoms with E-state index in [1.807, 2.05) is 0 Å². The van der Waals surface area contributed by atoms with Gasteiger partial charge in [-0.05, 0) is 37.5 Å². The van der Waals surface area contributed by atoms with E-state index < -0.39 is 0 Å². The normalized spacial score (nSPS) is 32.7. The van der Waals surface area contributed by atoms with E-state index in [2.05, 4.69) is 40.2 Å². The summed E-state index contributed by atoms with van der Waals surface area (Å²) in [4.78, 5) is 0. The SMILES string of the molecule is CC(C)[C@H]1CC[C@H](NI)CC1. The molecule has 1 fully saturated rings. The van der Waals surface area contributed by atoms with Gasteiger partial charge in [0.1, 0.15) is 0 Å². The van der Waals surface area contributed by atoms with Crippen LogP contribution < -0.4 is 3.53 Å². The number of nitrogens with one attached hydrogen (secondary N) is 1. The van der Waals surface area contributed by atoms with Crippen LogP contribution in [0.1, 0.15) is 39.5 Å². The molecule has 1 N–H and O–H groups in total. The van der Waals surface area contributed by atoms with Crippen molar-refractivity contribution in [1.29, 1.82) is 0 Å². The zero-order chi connectivity index (χ0) is 8.27. The molecule has 0 bridgehead atoms. The predicted molar refractivity (Wildman–Crippen MR) is 57.7 cm³/mol. The second-order valence-electron chi connectivity index (χ2n) is 3.96. The first-order valence-electron chi connectivity index (χ1n) is 4.60. The Hall–Kier alpha value is 0.690. The Balaban J connectivity index is 2.24. The van der Waals surface area contributed by atoms with Crippen LogP contribution in [-0.4, -0.2) is 6.04 Å². The smallest absolute Gasteiger partial charge is 0.0172 e. The molecule has 0 spiro atoms. The largest absolute Gasteiger partial charge is 0.258 e. The van der Waals surface area contributed by atoms with Gasteiger partial charge in [-0.3, -0.25) is 3.53 Å². The molecule has 0 radical (unpaired) electrons. The predicted octanol–water partition coefficient (Wildman–Crippen LogP) is 3.14. The lowest BCUT2D eigenvalue weighted by Gasteiger charge is -2.29. The van der Waals surface area contributed by atoms with Gasteiger partial charge in [0.15, 0.2) is 0 Å². The third-order valence-electron chi connectivity index (χ3n) is 2.87. The summed E-state index contributed by atoms with van der Waals surface area (Å²) in [5.41, 5.74) is 0. The van der Waals surface area contributed by atoms with Crippen molar-refractivity contribution >= 4 is 22.9 Å². The fourth-order valence-corrected chi connectivity index (χ4v) is 2.52. The van der Waals surface area contributed by atoms with E-state index >= 15 is 0 Å². The van der Waals surface area contributed by atoms with E-state index in [9.17, 15) is 0 Å². The molecule has 0 amide bonds. The first-order chi connectivity index (χ1) is 5.24. The Morgan fingerprint density at radius 2 is 1.73 bits per heavy atom. The highest BCUT2D eigenvalue weighted by molar-refractivity contribution is 14.1. The minimum atomic E-state index is 0.797. The van der Waals surface area contributed by atoms with Crippen molar-refractivity contribution in [3.63, 3.8) is 0 Å². The second kappa shape index (κ2) is 4.65. The molecule has 0 aromatic heterocycles. The van der Waals surface area contributed by atoms with Crippen LogP contribution in [0.5, 0.6) is 0 Å². The monoisotopic (exact) mass is 267 g/mol. The highest BCUT2D eigenvalue weighted by Crippen LogP contribution is 2.29. The molecule has 0 atom stereocenters. The molecular formula is C9H18IN. The van der Waals surface area contributed by atoms with Crippen LogP contribution in [0.4, 0.5) is 0 Å². The van der Waals surface area contributed by atoms with E-state index in [1.54, 1.807) is 0 Å². The van der Waals surface area contributed by atoms with Gasteiger partial charge in [-0.2, -0.15) is 0 Å². The molecular weight excluding hydrogens is 249 g/mol. The molecule has 0 aromatic rings. The Morgan fingerprint density at radius 1 is 1.18 bits per heavy atom. The summed E-state index contributed by atoms with van der Waals surface area (Å²) in [6, 6.07) is 0.797. The van der Waals surface area contributed by atoms with Gasteiger partial charge in [0, 0.05) is 28.9 Å². The van der Waals surface area contributed by atoms with Crippen LogP contribution in [0.2, 0.25) is 0 Å². The summed E-state index contributed by atoms with van der Waals surface area (Å²) in [5, 5.41) is 0. The summed E-state index contributed by atoms with van der Waals surface area (Å²) in [6.07, 6.45) is 5.62. The van der Waals surface area contributed by atoms with Crippen LogP contribution in [0, 0.1) is 11.8 Å². The molecule has 1 rings (SSSR count). The van der Waals surface area contributed by atoms with Gasteiger partial charge in [0.05, 0.1) is 0 Å². The second-order valence-corrected chi connectivity index (χ2v) is 4.59. The van der Waals surface area contributed by atoms with Crippen LogP contribution in [-0.2, 0) is 0 Å². The van der Waals surface area contributed by atoms with Crippen molar-refractivity contribution in [2.45, 2.75) is 45.6 Å². The fraction of sp³-hybridized carbons (Fsp3) is 1.00. The Kier molecular flexibility index (Phi) is 4.13. The molecule has 0 heterocycles. The van der Waals surface area contributed by atoms with Crippen molar-refractivity contribution in [2.75, 3.05) is 0 Å². The van der Waals surface area contributed by atoms with Crippen LogP contribution >= 0.6 is 22.9 Å². The Bertz CT molecular complexity index is 106. The fourth-order valence-electron chi connectivity index (χ4n) is 1.89. The summed E-state index contributed by atoms with van der Waals surface area (Å²) < 4.78 is 3.33. The molecule has 1 nitrogen and oxygen atoms in total. The Morgan fingerprint density at radius 3 is 2.09 bits per heavy atom. The lowest BCUT2D eigenvalue weighted by Crippen LogP contribution is -2.28. The first kappa shape index (κ1) is 9.78. The standard InChI is InChI=1S/C9H18IN/c1-7(2)8-3-5-9(11-10)6-4-8/h7-9,11H,3-6H2,1-2H3/t8-,9-. The van der Waals surface area contributed by atoms with E-state index in [4.69, 9.17) is 0 Å². The highest BCUT2D eigenvalue weighted by Gasteiger charge is 2.21. The molecule has 1 aliphatic carbocycles. The quantitative estimate of drug-likeness (QED) is 0.598. The van der Waals surface area contributed by atoms with Gasteiger partial charge in [-0.15, -0.1) is 0 Å². The van der Waals surface area contributed by atoms with E-state index in [1.165, 1.54) is 25.7 Å². The van der Waals surface area contributed by atoms with Gasteiger partial charge in [-0.1, -0.05) is 13.8 Å². The van der Waals surface area contributed by atoms with E-state index in [0.29, 0.717) is 0 Å². The van der Waals surface area contributed by atoms with Gasteiger partial charge >= 0.3 is 0 Å². The molecule has 1 saturated carbocycles. The average molecular weight is 267 g/mol. The van der Waals surface area contributed by atoms with Crippen molar-refractivity contribution in [3.8, 4) is 0 Å². The van der Waals surface area contributed by atoms with Crippen molar-refractivity contribution < 1.29 is 0 Å². The molecule has 1 aliphatic rings. The molecule has 0 aromatic carbocycles. The third kappa shape index (κ3) is 2.90. The van der Waals surface area contributed by atoms with Crippen molar-refractivity contribution in [3.05, 3.63) is 0 Å². The Labute approximate surface area is 83.8 Å². The number of hydrogen-bond donors (Lipinski definition) is 1. The molecule has 0 saturated heterocycles. The highest BCUT2D eigenvalue weighted by atomic mass is 127. The van der Waals surface area contributed by atoms with Crippen LogP contribution in [0.15, 0.2) is 0 Å². The summed E-state index contributed by atoms with van der Waals surface area (Å²) >= 11 is 2.28. The maximum Gasteiger partial charge on any atom is 0.0172 e. The zero-order valence-corrected chi connectivity index (χ0v) is 9.60. The van der Waals surface area contributed by atoms with Gasteiger partial charge in [0.25, 0.3) is 0 Å². The molecule has 2 heteroatoms. The van der Waals surface area contributed by atoms with E-state index in [-0.39, 0.29) is 0 Å². The topological polar surface area (TPSA) is 12.0 Å². The van der Waals surface area contributed by atoms with Gasteiger partial charge in [-0.25, -0.2) is 0 Å². The summed E-state index contributed by atoms with van der Waals surface area (Å²) in [5.74, 6) is 1.89. The zero-order valence-electron chi connectivity index (χ0n) is 7.44. The summed E-state index contributed by atoms with van der Waals surface area (Å²) in [6.45, 7) is 4.70. The van der Waals surface area contributed by atoms with Crippen LogP contribution in [0.3, 0.4) is 0 Å². The van der Waals surface area contributed by atoms with E-state index in [0.717, 1.165) is 17.9 Å². The van der Waals surface area contributed by atoms with Crippen molar-refractivity contribution in [1.82, 2.24) is 3.53 Å². The average Bonchev–Trinajstić information content (AvgIpc) is 2.05. The lowest BCUT2D eigenvalue weighted by molar-refractivity contribution is 0.256.